The third-order valence-corrected chi connectivity index (χ3v) is 1.69. The molecule has 0 bridgehead atoms. The monoisotopic (exact) mass is 217 g/mol. The number of esters is 1. The molecular weight excluding hydrogens is 190 g/mol. The lowest BCUT2D eigenvalue weighted by Gasteiger charge is -2.18. The highest BCUT2D eigenvalue weighted by atomic mass is 16.5. The van der Waals surface area contributed by atoms with Crippen molar-refractivity contribution >= 4 is 5.97 Å². The van der Waals surface area contributed by atoms with Gasteiger partial charge in [0, 0.05) is 0 Å². The van der Waals surface area contributed by atoms with E-state index in [2.05, 4.69) is 19.2 Å². The lowest BCUT2D eigenvalue weighted by molar-refractivity contribution is -0.150. The quantitative estimate of drug-likeness (QED) is 0.719. The van der Waals surface area contributed by atoms with Crippen LogP contribution in [0.3, 0.4) is 0 Å². The minimum Gasteiger partial charge on any atom is -0.462 e. The molecule has 3 nitrogen and oxygen atoms in total. The highest BCUT2D eigenvalue weighted by Crippen LogP contribution is 2.06. The van der Waals surface area contributed by atoms with E-state index in [1.807, 2.05) is 27.7 Å². The Morgan fingerprint density at radius 2 is 1.67 bits per heavy atom. The minimum atomic E-state index is -0.164. The molecule has 1 N–H and O–H groups in total. The minimum absolute atomic E-state index is 0.0319. The average molecular weight is 217 g/mol. The smallest absolute Gasteiger partial charge is 0.323 e. The second kappa shape index (κ2) is 9.97. The molecule has 0 aromatic heterocycles. The third kappa shape index (κ3) is 9.73. The van der Waals surface area contributed by atoms with E-state index in [1.54, 1.807) is 7.05 Å². The van der Waals surface area contributed by atoms with Crippen LogP contribution < -0.4 is 5.32 Å². The molecule has 0 rings (SSSR count). The fourth-order valence-corrected chi connectivity index (χ4v) is 1.12. The number of carbonyl (C=O) groups excluding carboxylic acids is 1. The Labute approximate surface area is 94.6 Å². The van der Waals surface area contributed by atoms with Gasteiger partial charge in [-0.05, 0) is 33.2 Å². The Bertz CT molecular complexity index is 156. The SMILES string of the molecule is CC.CN[C@@H](CC(C)C)C(=O)OC(C)C. The maximum atomic E-state index is 11.4. The van der Waals surface area contributed by atoms with Gasteiger partial charge in [-0.25, -0.2) is 0 Å². The summed E-state index contributed by atoms with van der Waals surface area (Å²) in [4.78, 5) is 11.4. The lowest BCUT2D eigenvalue weighted by atomic mass is 10.0. The first-order valence-corrected chi connectivity index (χ1v) is 5.85. The highest BCUT2D eigenvalue weighted by molar-refractivity contribution is 5.75. The molecule has 0 aromatic rings. The van der Waals surface area contributed by atoms with Crippen LogP contribution in [0.15, 0.2) is 0 Å². The van der Waals surface area contributed by atoms with Gasteiger partial charge in [-0.2, -0.15) is 0 Å². The molecule has 0 radical (unpaired) electrons. The van der Waals surface area contributed by atoms with Crippen molar-refractivity contribution in [2.45, 2.75) is 60.1 Å². The van der Waals surface area contributed by atoms with Crippen LogP contribution in [-0.4, -0.2) is 25.2 Å². The molecule has 0 heterocycles. The average Bonchev–Trinajstić information content (AvgIpc) is 2.15. The van der Waals surface area contributed by atoms with Crippen LogP contribution in [0.5, 0.6) is 0 Å². The maximum Gasteiger partial charge on any atom is 0.323 e. The molecule has 0 saturated carbocycles. The van der Waals surface area contributed by atoms with Gasteiger partial charge in [-0.15, -0.1) is 0 Å². The van der Waals surface area contributed by atoms with E-state index in [0.29, 0.717) is 5.92 Å². The summed E-state index contributed by atoms with van der Waals surface area (Å²) in [6.07, 6.45) is 0.790. The van der Waals surface area contributed by atoms with E-state index in [1.165, 1.54) is 0 Å². The van der Waals surface area contributed by atoms with Crippen LogP contribution in [0.1, 0.15) is 48.0 Å². The molecule has 1 atom stereocenters. The molecule has 0 saturated heterocycles. The highest BCUT2D eigenvalue weighted by Gasteiger charge is 2.19. The first-order chi connectivity index (χ1) is 6.97. The van der Waals surface area contributed by atoms with Crippen molar-refractivity contribution in [1.29, 1.82) is 0 Å². The van der Waals surface area contributed by atoms with Crippen LogP contribution in [0.4, 0.5) is 0 Å². The van der Waals surface area contributed by atoms with Crippen molar-refractivity contribution in [3.05, 3.63) is 0 Å². The summed E-state index contributed by atoms with van der Waals surface area (Å²) < 4.78 is 5.10. The first kappa shape index (κ1) is 16.8. The summed E-state index contributed by atoms with van der Waals surface area (Å²) >= 11 is 0. The van der Waals surface area contributed by atoms with E-state index < -0.39 is 0 Å². The standard InChI is InChI=1S/C10H21NO2.C2H6/c1-7(2)6-9(11-5)10(12)13-8(3)4;1-2/h7-9,11H,6H2,1-5H3;1-2H3/t9-;/m0./s1. The maximum absolute atomic E-state index is 11.4. The summed E-state index contributed by atoms with van der Waals surface area (Å²) in [5, 5.41) is 2.96. The van der Waals surface area contributed by atoms with E-state index in [-0.39, 0.29) is 18.1 Å². The van der Waals surface area contributed by atoms with E-state index in [9.17, 15) is 4.79 Å². The topological polar surface area (TPSA) is 38.3 Å². The van der Waals surface area contributed by atoms with Gasteiger partial charge in [0.2, 0.25) is 0 Å². The van der Waals surface area contributed by atoms with Crippen LogP contribution in [0.25, 0.3) is 0 Å². The lowest BCUT2D eigenvalue weighted by Crippen LogP contribution is -2.37. The fraction of sp³-hybridized carbons (Fsp3) is 0.917. The number of hydrogen-bond acceptors (Lipinski definition) is 3. The van der Waals surface area contributed by atoms with Crippen molar-refractivity contribution in [1.82, 2.24) is 5.32 Å². The van der Waals surface area contributed by atoms with Crippen molar-refractivity contribution in [3.8, 4) is 0 Å². The molecular formula is C12H27NO2. The Kier molecular flexibility index (Phi) is 11.2. The summed E-state index contributed by atoms with van der Waals surface area (Å²) in [5.74, 6) is 0.350. The first-order valence-electron chi connectivity index (χ1n) is 5.85. The molecule has 0 aliphatic carbocycles. The second-order valence-electron chi connectivity index (χ2n) is 3.96. The predicted molar refractivity (Wildman–Crippen MR) is 64.9 cm³/mol. The summed E-state index contributed by atoms with van der Waals surface area (Å²) in [6.45, 7) is 11.9. The van der Waals surface area contributed by atoms with Gasteiger partial charge < -0.3 is 10.1 Å². The van der Waals surface area contributed by atoms with Gasteiger partial charge in [-0.3, -0.25) is 4.79 Å². The van der Waals surface area contributed by atoms with Crippen molar-refractivity contribution in [3.63, 3.8) is 0 Å². The molecule has 0 amide bonds. The molecule has 0 spiro atoms. The molecule has 0 fully saturated rings. The Hall–Kier alpha value is -0.570. The Balaban J connectivity index is 0. The fourth-order valence-electron chi connectivity index (χ4n) is 1.12. The van der Waals surface area contributed by atoms with Crippen LogP contribution in [0, 0.1) is 5.92 Å². The molecule has 0 aliphatic rings. The van der Waals surface area contributed by atoms with Crippen molar-refractivity contribution in [2.75, 3.05) is 7.05 Å². The number of rotatable bonds is 5. The van der Waals surface area contributed by atoms with E-state index in [4.69, 9.17) is 4.74 Å². The largest absolute Gasteiger partial charge is 0.462 e. The molecule has 15 heavy (non-hydrogen) atoms. The van der Waals surface area contributed by atoms with Crippen LogP contribution in [-0.2, 0) is 9.53 Å². The molecule has 92 valence electrons. The summed E-state index contributed by atoms with van der Waals surface area (Å²) in [5.41, 5.74) is 0. The number of hydrogen-bond donors (Lipinski definition) is 1. The number of ether oxygens (including phenoxy) is 1. The van der Waals surface area contributed by atoms with Crippen molar-refractivity contribution < 1.29 is 9.53 Å². The van der Waals surface area contributed by atoms with Crippen LogP contribution in [0.2, 0.25) is 0 Å². The van der Waals surface area contributed by atoms with E-state index >= 15 is 0 Å². The van der Waals surface area contributed by atoms with E-state index in [0.717, 1.165) is 6.42 Å². The Morgan fingerprint density at radius 1 is 1.20 bits per heavy atom. The van der Waals surface area contributed by atoms with Gasteiger partial charge in [0.05, 0.1) is 6.10 Å². The van der Waals surface area contributed by atoms with Gasteiger partial charge in [0.1, 0.15) is 6.04 Å². The van der Waals surface area contributed by atoms with Gasteiger partial charge >= 0.3 is 5.97 Å². The number of likely N-dealkylation sites (N-methyl/N-ethyl adjacent to an activating group) is 1. The molecule has 0 unspecified atom stereocenters. The Morgan fingerprint density at radius 3 is 1.93 bits per heavy atom. The van der Waals surface area contributed by atoms with Crippen LogP contribution >= 0.6 is 0 Å². The summed E-state index contributed by atoms with van der Waals surface area (Å²) in [7, 11) is 1.79. The predicted octanol–water partition coefficient (Wildman–Crippen LogP) is 2.60. The van der Waals surface area contributed by atoms with Gasteiger partial charge in [0.25, 0.3) is 0 Å². The second-order valence-corrected chi connectivity index (χ2v) is 3.96. The van der Waals surface area contributed by atoms with Gasteiger partial charge in [-0.1, -0.05) is 27.7 Å². The van der Waals surface area contributed by atoms with Crippen molar-refractivity contribution in [2.24, 2.45) is 5.92 Å². The zero-order valence-electron chi connectivity index (χ0n) is 11.3. The number of carbonyl (C=O) groups is 1. The number of nitrogens with one attached hydrogen (secondary N) is 1. The molecule has 0 aromatic carbocycles. The normalized spacial score (nSPS) is 12.1. The zero-order valence-corrected chi connectivity index (χ0v) is 11.3. The molecule has 3 heteroatoms. The third-order valence-electron chi connectivity index (χ3n) is 1.69. The zero-order chi connectivity index (χ0) is 12.4. The molecule has 0 aliphatic heterocycles. The summed E-state index contributed by atoms with van der Waals surface area (Å²) in [6, 6.07) is -0.164. The van der Waals surface area contributed by atoms with Gasteiger partial charge in [0.15, 0.2) is 0 Å².